The van der Waals surface area contributed by atoms with Crippen LogP contribution in [0.1, 0.15) is 16.1 Å². The minimum absolute atomic E-state index is 0.159. The van der Waals surface area contributed by atoms with Crippen LogP contribution in [-0.2, 0) is 16.6 Å². The van der Waals surface area contributed by atoms with Gasteiger partial charge in [-0.25, -0.2) is 8.42 Å². The monoisotopic (exact) mass is 370 g/mol. The van der Waals surface area contributed by atoms with E-state index in [0.717, 1.165) is 0 Å². The lowest BCUT2D eigenvalue weighted by atomic mass is 10.2. The van der Waals surface area contributed by atoms with E-state index in [1.54, 1.807) is 61.8 Å². The number of amides is 1. The standard InChI is InChI=1S/C19H18N2O4S/c1-21(14-17-9-6-12-25-17)19(22)15-7-5-8-16(13-15)20-26(23,24)18-10-3-2-4-11-18/h2-13,20H,14H2,1H3. The third-order valence-corrected chi connectivity index (χ3v) is 5.13. The van der Waals surface area contributed by atoms with Crippen LogP contribution >= 0.6 is 0 Å². The van der Waals surface area contributed by atoms with Crippen molar-refractivity contribution in [1.29, 1.82) is 0 Å². The second-order valence-electron chi connectivity index (χ2n) is 5.74. The number of carbonyl (C=O) groups excluding carboxylic acids is 1. The molecule has 26 heavy (non-hydrogen) atoms. The number of carbonyl (C=O) groups is 1. The van der Waals surface area contributed by atoms with Gasteiger partial charge in [-0.3, -0.25) is 9.52 Å². The van der Waals surface area contributed by atoms with Gasteiger partial charge in [-0.2, -0.15) is 0 Å². The molecule has 1 heterocycles. The molecule has 0 aliphatic heterocycles. The molecule has 0 radical (unpaired) electrons. The molecule has 0 fully saturated rings. The first kappa shape index (κ1) is 17.8. The Morgan fingerprint density at radius 2 is 1.81 bits per heavy atom. The fraction of sp³-hybridized carbons (Fsp3) is 0.105. The Balaban J connectivity index is 1.76. The molecular weight excluding hydrogens is 352 g/mol. The molecule has 0 saturated carbocycles. The van der Waals surface area contributed by atoms with Crippen molar-refractivity contribution in [2.45, 2.75) is 11.4 Å². The fourth-order valence-corrected chi connectivity index (χ4v) is 3.53. The summed E-state index contributed by atoms with van der Waals surface area (Å²) in [5.74, 6) is 0.434. The number of furan rings is 1. The van der Waals surface area contributed by atoms with Crippen molar-refractivity contribution in [2.24, 2.45) is 0 Å². The zero-order chi connectivity index (χ0) is 18.6. The van der Waals surface area contributed by atoms with E-state index >= 15 is 0 Å². The second-order valence-corrected chi connectivity index (χ2v) is 7.42. The van der Waals surface area contributed by atoms with E-state index in [4.69, 9.17) is 4.42 Å². The third-order valence-electron chi connectivity index (χ3n) is 3.74. The molecule has 1 N–H and O–H groups in total. The van der Waals surface area contributed by atoms with Crippen LogP contribution in [-0.4, -0.2) is 26.3 Å². The summed E-state index contributed by atoms with van der Waals surface area (Å²) in [5, 5.41) is 0. The topological polar surface area (TPSA) is 79.6 Å². The molecule has 0 unspecified atom stereocenters. The molecule has 0 bridgehead atoms. The maximum atomic E-state index is 12.6. The van der Waals surface area contributed by atoms with Gasteiger partial charge in [0.15, 0.2) is 0 Å². The number of rotatable bonds is 6. The molecule has 1 aromatic heterocycles. The molecule has 134 valence electrons. The maximum Gasteiger partial charge on any atom is 0.261 e. The SMILES string of the molecule is CN(Cc1ccco1)C(=O)c1cccc(NS(=O)(=O)c2ccccc2)c1. The lowest BCUT2D eigenvalue weighted by Gasteiger charge is -2.16. The Morgan fingerprint density at radius 3 is 2.50 bits per heavy atom. The minimum atomic E-state index is -3.71. The number of hydrogen-bond donors (Lipinski definition) is 1. The van der Waals surface area contributed by atoms with Gasteiger partial charge in [0.05, 0.1) is 17.7 Å². The first-order chi connectivity index (χ1) is 12.5. The number of anilines is 1. The van der Waals surface area contributed by atoms with Crippen LogP contribution in [0.5, 0.6) is 0 Å². The minimum Gasteiger partial charge on any atom is -0.467 e. The van der Waals surface area contributed by atoms with Crippen LogP contribution < -0.4 is 4.72 Å². The Bertz CT molecular complexity index is 983. The maximum absolute atomic E-state index is 12.6. The van der Waals surface area contributed by atoms with E-state index in [2.05, 4.69) is 4.72 Å². The molecule has 7 heteroatoms. The molecule has 1 amide bonds. The Morgan fingerprint density at radius 1 is 1.04 bits per heavy atom. The lowest BCUT2D eigenvalue weighted by molar-refractivity contribution is 0.0775. The average Bonchev–Trinajstić information content (AvgIpc) is 3.14. The van der Waals surface area contributed by atoms with E-state index < -0.39 is 10.0 Å². The summed E-state index contributed by atoms with van der Waals surface area (Å²) in [7, 11) is -2.05. The van der Waals surface area contributed by atoms with Crippen molar-refractivity contribution in [1.82, 2.24) is 4.90 Å². The van der Waals surface area contributed by atoms with Crippen LogP contribution in [0.25, 0.3) is 0 Å². The quantitative estimate of drug-likeness (QED) is 0.722. The summed E-state index contributed by atoms with van der Waals surface area (Å²) < 4.78 is 32.6. The molecule has 2 aromatic carbocycles. The molecule has 3 aromatic rings. The normalized spacial score (nSPS) is 11.1. The van der Waals surface area contributed by atoms with E-state index in [9.17, 15) is 13.2 Å². The molecular formula is C19H18N2O4S. The summed E-state index contributed by atoms with van der Waals surface area (Å²) in [6.45, 7) is 0.325. The number of hydrogen-bond acceptors (Lipinski definition) is 4. The third kappa shape index (κ3) is 4.12. The van der Waals surface area contributed by atoms with Crippen LogP contribution in [0.4, 0.5) is 5.69 Å². The summed E-state index contributed by atoms with van der Waals surface area (Å²) in [4.78, 5) is 14.2. The van der Waals surface area contributed by atoms with Crippen molar-refractivity contribution in [3.8, 4) is 0 Å². The highest BCUT2D eigenvalue weighted by molar-refractivity contribution is 7.92. The van der Waals surface area contributed by atoms with Crippen molar-refractivity contribution in [2.75, 3.05) is 11.8 Å². The predicted octanol–water partition coefficient (Wildman–Crippen LogP) is 3.35. The molecule has 0 saturated heterocycles. The van der Waals surface area contributed by atoms with Gasteiger partial charge in [0.25, 0.3) is 15.9 Å². The first-order valence-corrected chi connectivity index (χ1v) is 9.40. The van der Waals surface area contributed by atoms with Gasteiger partial charge >= 0.3 is 0 Å². The number of nitrogens with one attached hydrogen (secondary N) is 1. The highest BCUT2D eigenvalue weighted by Gasteiger charge is 2.16. The van der Waals surface area contributed by atoms with Gasteiger partial charge in [-0.1, -0.05) is 24.3 Å². The van der Waals surface area contributed by atoms with Crippen LogP contribution in [0.3, 0.4) is 0 Å². The smallest absolute Gasteiger partial charge is 0.261 e. The number of nitrogens with zero attached hydrogens (tertiary/aromatic N) is 1. The van der Waals surface area contributed by atoms with Gasteiger partial charge in [0.1, 0.15) is 5.76 Å². The summed E-state index contributed by atoms with van der Waals surface area (Å²) >= 11 is 0. The fourth-order valence-electron chi connectivity index (χ4n) is 2.46. The highest BCUT2D eigenvalue weighted by atomic mass is 32.2. The van der Waals surface area contributed by atoms with Crippen molar-refractivity contribution in [3.05, 3.63) is 84.3 Å². The molecule has 0 atom stereocenters. The van der Waals surface area contributed by atoms with Gasteiger partial charge in [-0.15, -0.1) is 0 Å². The van der Waals surface area contributed by atoms with Gasteiger partial charge in [0, 0.05) is 18.3 Å². The molecule has 0 aliphatic carbocycles. The Labute approximate surface area is 152 Å². The Hall–Kier alpha value is -3.06. The lowest BCUT2D eigenvalue weighted by Crippen LogP contribution is -2.26. The zero-order valence-electron chi connectivity index (χ0n) is 14.1. The van der Waals surface area contributed by atoms with Gasteiger partial charge in [0.2, 0.25) is 0 Å². The van der Waals surface area contributed by atoms with Crippen LogP contribution in [0, 0.1) is 0 Å². The average molecular weight is 370 g/mol. The number of sulfonamides is 1. The highest BCUT2D eigenvalue weighted by Crippen LogP contribution is 2.18. The van der Waals surface area contributed by atoms with Gasteiger partial charge in [-0.05, 0) is 42.5 Å². The van der Waals surface area contributed by atoms with Crippen LogP contribution in [0.15, 0.2) is 82.3 Å². The van der Waals surface area contributed by atoms with Crippen LogP contribution in [0.2, 0.25) is 0 Å². The van der Waals surface area contributed by atoms with E-state index in [0.29, 0.717) is 23.6 Å². The van der Waals surface area contributed by atoms with E-state index in [1.165, 1.54) is 23.1 Å². The molecule has 0 spiro atoms. The predicted molar refractivity (Wildman–Crippen MR) is 98.2 cm³/mol. The summed E-state index contributed by atoms with van der Waals surface area (Å²) in [6.07, 6.45) is 1.55. The Kier molecular flexibility index (Phi) is 5.09. The number of benzene rings is 2. The van der Waals surface area contributed by atoms with E-state index in [1.807, 2.05) is 0 Å². The molecule has 3 rings (SSSR count). The molecule has 6 nitrogen and oxygen atoms in total. The second kappa shape index (κ2) is 7.45. The van der Waals surface area contributed by atoms with Crippen molar-refractivity contribution < 1.29 is 17.6 Å². The van der Waals surface area contributed by atoms with E-state index in [-0.39, 0.29) is 10.8 Å². The van der Waals surface area contributed by atoms with Crippen molar-refractivity contribution >= 4 is 21.6 Å². The molecule has 0 aliphatic rings. The summed E-state index contributed by atoms with van der Waals surface area (Å²) in [5.41, 5.74) is 0.707. The largest absolute Gasteiger partial charge is 0.467 e. The van der Waals surface area contributed by atoms with Crippen molar-refractivity contribution in [3.63, 3.8) is 0 Å². The zero-order valence-corrected chi connectivity index (χ0v) is 14.9. The summed E-state index contributed by atoms with van der Waals surface area (Å²) in [6, 6.07) is 18.0. The van der Waals surface area contributed by atoms with Gasteiger partial charge < -0.3 is 9.32 Å². The first-order valence-electron chi connectivity index (χ1n) is 7.91.